The summed E-state index contributed by atoms with van der Waals surface area (Å²) in [6.45, 7) is 7.63. The molecule has 1 aromatic heterocycles. The van der Waals surface area contributed by atoms with Crippen molar-refractivity contribution in [3.8, 4) is 0 Å². The molecule has 0 radical (unpaired) electrons. The van der Waals surface area contributed by atoms with E-state index in [1.165, 1.54) is 0 Å². The Kier molecular flexibility index (Phi) is 4.34. The van der Waals surface area contributed by atoms with Crippen molar-refractivity contribution in [3.63, 3.8) is 0 Å². The highest BCUT2D eigenvalue weighted by atomic mass is 16.5. The second-order valence-electron chi connectivity index (χ2n) is 4.87. The van der Waals surface area contributed by atoms with Crippen LogP contribution in [0.25, 0.3) is 0 Å². The van der Waals surface area contributed by atoms with E-state index < -0.39 is 5.60 Å². The molecule has 0 saturated carbocycles. The molecule has 0 aromatic carbocycles. The van der Waals surface area contributed by atoms with Gasteiger partial charge < -0.3 is 4.74 Å². The lowest BCUT2D eigenvalue weighted by Crippen LogP contribution is -2.22. The zero-order chi connectivity index (χ0) is 13.1. The molecule has 0 aliphatic carbocycles. The summed E-state index contributed by atoms with van der Waals surface area (Å²) in [5.41, 5.74) is 0.333. The van der Waals surface area contributed by atoms with Crippen LogP contribution in [0.2, 0.25) is 0 Å². The summed E-state index contributed by atoms with van der Waals surface area (Å²) in [5, 5.41) is 0. The number of carbonyl (C=O) groups is 1. The lowest BCUT2D eigenvalue weighted by atomic mass is 10.0. The first-order valence-corrected chi connectivity index (χ1v) is 5.77. The molecule has 1 heterocycles. The first-order chi connectivity index (χ1) is 7.86. The number of nitrogens with zero attached hydrogens (tertiary/aromatic N) is 2. The summed E-state index contributed by atoms with van der Waals surface area (Å²) >= 11 is 0. The molecule has 1 aromatic rings. The average Bonchev–Trinajstić information content (AvgIpc) is 2.29. The smallest absolute Gasteiger partial charge is 0.142 e. The molecular formula is C13H20N2O2. The molecule has 0 atom stereocenters. The third kappa shape index (κ3) is 3.60. The molecule has 0 aliphatic heterocycles. The van der Waals surface area contributed by atoms with Gasteiger partial charge >= 0.3 is 0 Å². The normalized spacial score (nSPS) is 11.9. The second-order valence-corrected chi connectivity index (χ2v) is 4.87. The Morgan fingerprint density at radius 3 is 2.65 bits per heavy atom. The van der Waals surface area contributed by atoms with Crippen molar-refractivity contribution in [1.82, 2.24) is 9.97 Å². The quantitative estimate of drug-likeness (QED) is 0.785. The van der Waals surface area contributed by atoms with Crippen LogP contribution in [0.1, 0.15) is 39.2 Å². The summed E-state index contributed by atoms with van der Waals surface area (Å²) in [6.07, 6.45) is 1.96. The monoisotopic (exact) mass is 236 g/mol. The molecule has 4 heteroatoms. The number of hydrogen-bond acceptors (Lipinski definition) is 4. The Labute approximate surface area is 102 Å². The van der Waals surface area contributed by atoms with Crippen LogP contribution in [0.15, 0.2) is 12.3 Å². The van der Waals surface area contributed by atoms with Crippen molar-refractivity contribution < 1.29 is 9.53 Å². The number of ether oxygens (including phenoxy) is 1. The van der Waals surface area contributed by atoms with Crippen LogP contribution in [-0.4, -0.2) is 22.9 Å². The Bertz CT molecular complexity index is 400. The topological polar surface area (TPSA) is 52.1 Å². The fraction of sp³-hybridized carbons (Fsp3) is 0.615. The molecule has 4 nitrogen and oxygen atoms in total. The van der Waals surface area contributed by atoms with Gasteiger partial charge in [-0.05, 0) is 19.9 Å². The standard InChI is InChI=1S/C13H20N2O2/c1-9(2)10(16)8-12-14-7-6-11(15-12)13(3,4)17-5/h6-7,9H,8H2,1-5H3. The number of rotatable bonds is 5. The molecule has 0 saturated heterocycles. The van der Waals surface area contributed by atoms with Crippen LogP contribution < -0.4 is 0 Å². The van der Waals surface area contributed by atoms with Gasteiger partial charge in [-0.1, -0.05) is 13.8 Å². The third-order valence-corrected chi connectivity index (χ3v) is 2.81. The van der Waals surface area contributed by atoms with Gasteiger partial charge in [0.05, 0.1) is 12.1 Å². The van der Waals surface area contributed by atoms with Gasteiger partial charge in [-0.25, -0.2) is 9.97 Å². The van der Waals surface area contributed by atoms with Crippen molar-refractivity contribution in [3.05, 3.63) is 23.8 Å². The number of ketones is 1. The number of carbonyl (C=O) groups excluding carboxylic acids is 1. The molecular weight excluding hydrogens is 216 g/mol. The number of Topliss-reactive ketones (excluding diaryl/α,β-unsaturated/α-hetero) is 1. The maximum absolute atomic E-state index is 11.6. The van der Waals surface area contributed by atoms with Gasteiger partial charge in [-0.3, -0.25) is 4.79 Å². The molecule has 0 bridgehead atoms. The molecule has 0 fully saturated rings. The van der Waals surface area contributed by atoms with Crippen LogP contribution in [0.5, 0.6) is 0 Å². The summed E-state index contributed by atoms with van der Waals surface area (Å²) in [5.74, 6) is 0.724. The number of methoxy groups -OCH3 is 1. The predicted octanol–water partition coefficient (Wildman–Crippen LogP) is 2.13. The SMILES string of the molecule is COC(C)(C)c1ccnc(CC(=O)C(C)C)n1. The number of hydrogen-bond donors (Lipinski definition) is 0. The maximum atomic E-state index is 11.6. The Morgan fingerprint density at radius 1 is 1.47 bits per heavy atom. The third-order valence-electron chi connectivity index (χ3n) is 2.81. The van der Waals surface area contributed by atoms with Gasteiger partial charge in [-0.2, -0.15) is 0 Å². The largest absolute Gasteiger partial charge is 0.373 e. The van der Waals surface area contributed by atoms with Gasteiger partial charge in [0.15, 0.2) is 0 Å². The van der Waals surface area contributed by atoms with Crippen molar-refractivity contribution in [2.45, 2.75) is 39.7 Å². The van der Waals surface area contributed by atoms with Crippen molar-refractivity contribution in [2.24, 2.45) is 5.92 Å². The Hall–Kier alpha value is -1.29. The first kappa shape index (κ1) is 13.8. The molecule has 94 valence electrons. The van der Waals surface area contributed by atoms with E-state index in [9.17, 15) is 4.79 Å². The van der Waals surface area contributed by atoms with Gasteiger partial charge in [0.2, 0.25) is 0 Å². The lowest BCUT2D eigenvalue weighted by Gasteiger charge is -2.22. The number of aromatic nitrogens is 2. The van der Waals surface area contributed by atoms with Crippen molar-refractivity contribution in [1.29, 1.82) is 0 Å². The minimum Gasteiger partial charge on any atom is -0.373 e. The molecule has 0 amide bonds. The Morgan fingerprint density at radius 2 is 2.12 bits per heavy atom. The van der Waals surface area contributed by atoms with E-state index in [4.69, 9.17) is 4.74 Å². The van der Waals surface area contributed by atoms with Gasteiger partial charge in [0.1, 0.15) is 17.2 Å². The van der Waals surface area contributed by atoms with E-state index in [0.717, 1.165) is 5.69 Å². The molecule has 0 spiro atoms. The fourth-order valence-corrected chi connectivity index (χ4v) is 1.28. The van der Waals surface area contributed by atoms with Crippen LogP contribution >= 0.6 is 0 Å². The van der Waals surface area contributed by atoms with E-state index >= 15 is 0 Å². The predicted molar refractivity (Wildman–Crippen MR) is 65.6 cm³/mol. The van der Waals surface area contributed by atoms with Crippen LogP contribution in [-0.2, 0) is 21.6 Å². The second kappa shape index (κ2) is 5.36. The Balaban J connectivity index is 2.90. The summed E-state index contributed by atoms with van der Waals surface area (Å²) in [7, 11) is 1.64. The van der Waals surface area contributed by atoms with Gasteiger partial charge in [0, 0.05) is 19.2 Å². The highest BCUT2D eigenvalue weighted by molar-refractivity contribution is 5.81. The highest BCUT2D eigenvalue weighted by Crippen LogP contribution is 2.21. The summed E-state index contributed by atoms with van der Waals surface area (Å²) in [6, 6.07) is 1.81. The van der Waals surface area contributed by atoms with Crippen LogP contribution in [0.3, 0.4) is 0 Å². The molecule has 1 rings (SSSR count). The summed E-state index contributed by atoms with van der Waals surface area (Å²) in [4.78, 5) is 20.1. The minimum absolute atomic E-state index is 0.0118. The minimum atomic E-state index is -0.460. The molecule has 17 heavy (non-hydrogen) atoms. The summed E-state index contributed by atoms with van der Waals surface area (Å²) < 4.78 is 5.36. The van der Waals surface area contributed by atoms with E-state index in [2.05, 4.69) is 9.97 Å². The van der Waals surface area contributed by atoms with E-state index in [0.29, 0.717) is 5.82 Å². The molecule has 0 unspecified atom stereocenters. The van der Waals surface area contributed by atoms with Crippen molar-refractivity contribution >= 4 is 5.78 Å². The van der Waals surface area contributed by atoms with Crippen LogP contribution in [0.4, 0.5) is 0 Å². The average molecular weight is 236 g/mol. The van der Waals surface area contributed by atoms with Gasteiger partial charge in [-0.15, -0.1) is 0 Å². The zero-order valence-electron chi connectivity index (χ0n) is 11.2. The molecule has 0 N–H and O–H groups in total. The highest BCUT2D eigenvalue weighted by Gasteiger charge is 2.22. The zero-order valence-corrected chi connectivity index (χ0v) is 11.2. The molecule has 0 aliphatic rings. The van der Waals surface area contributed by atoms with E-state index in [-0.39, 0.29) is 18.1 Å². The van der Waals surface area contributed by atoms with E-state index in [1.54, 1.807) is 13.3 Å². The van der Waals surface area contributed by atoms with Crippen LogP contribution in [0, 0.1) is 5.92 Å². The first-order valence-electron chi connectivity index (χ1n) is 5.77. The maximum Gasteiger partial charge on any atom is 0.142 e. The van der Waals surface area contributed by atoms with Crippen molar-refractivity contribution in [2.75, 3.05) is 7.11 Å². The lowest BCUT2D eigenvalue weighted by molar-refractivity contribution is -0.121. The van der Waals surface area contributed by atoms with Gasteiger partial charge in [0.25, 0.3) is 0 Å². The van der Waals surface area contributed by atoms with E-state index in [1.807, 2.05) is 33.8 Å². The fourth-order valence-electron chi connectivity index (χ4n) is 1.28.